The topological polar surface area (TPSA) is 67.3 Å². The molecular formula is C19H18ClF3N4O2. The molecule has 1 aliphatic carbocycles. The van der Waals surface area contributed by atoms with Crippen LogP contribution in [0.3, 0.4) is 0 Å². The summed E-state index contributed by atoms with van der Waals surface area (Å²) in [7, 11) is 1.50. The van der Waals surface area contributed by atoms with Gasteiger partial charge in [-0.05, 0) is 29.7 Å². The van der Waals surface area contributed by atoms with E-state index in [0.29, 0.717) is 25.0 Å². The van der Waals surface area contributed by atoms with Gasteiger partial charge in [0.2, 0.25) is 11.9 Å². The number of halogens is 4. The van der Waals surface area contributed by atoms with E-state index in [1.54, 1.807) is 0 Å². The first-order chi connectivity index (χ1) is 13.8. The maximum atomic E-state index is 12.8. The lowest BCUT2D eigenvalue weighted by molar-refractivity contribution is -0.138. The van der Waals surface area contributed by atoms with E-state index in [1.165, 1.54) is 12.7 Å². The second-order valence-electron chi connectivity index (χ2n) is 7.23. The molecule has 2 bridgehead atoms. The van der Waals surface area contributed by atoms with Gasteiger partial charge in [0.05, 0.1) is 0 Å². The maximum absolute atomic E-state index is 12.8. The molecule has 2 unspecified atom stereocenters. The SMILES string of the molecule is COCC(=O)N1CC2CC(C1)c1cc(Nc3ncc(C(F)(F)F)c(Cl)n3)ccc12. The Morgan fingerprint density at radius 2 is 2.03 bits per heavy atom. The molecular weight excluding hydrogens is 409 g/mol. The molecule has 2 heterocycles. The number of amides is 1. The number of ether oxygens (including phenoxy) is 1. The monoisotopic (exact) mass is 426 g/mol. The summed E-state index contributed by atoms with van der Waals surface area (Å²) < 4.78 is 43.3. The Hall–Kier alpha value is -2.39. The summed E-state index contributed by atoms with van der Waals surface area (Å²) >= 11 is 5.66. The molecule has 2 aliphatic rings. The predicted octanol–water partition coefficient (Wildman–Crippen LogP) is 3.95. The van der Waals surface area contributed by atoms with Gasteiger partial charge in [0.1, 0.15) is 17.3 Å². The number of benzene rings is 1. The number of nitrogens with zero attached hydrogens (tertiary/aromatic N) is 3. The molecule has 1 aliphatic heterocycles. The van der Waals surface area contributed by atoms with Crippen molar-refractivity contribution < 1.29 is 22.7 Å². The zero-order valence-corrected chi connectivity index (χ0v) is 16.2. The van der Waals surface area contributed by atoms with Crippen LogP contribution in [0.1, 0.15) is 34.9 Å². The van der Waals surface area contributed by atoms with Gasteiger partial charge in [0.25, 0.3) is 0 Å². The fraction of sp³-hybridized carbons (Fsp3) is 0.421. The molecule has 1 aromatic carbocycles. The molecule has 0 saturated carbocycles. The van der Waals surface area contributed by atoms with E-state index in [2.05, 4.69) is 15.3 Å². The first-order valence-corrected chi connectivity index (χ1v) is 9.41. The molecule has 1 amide bonds. The standard InChI is InChI=1S/C19H18ClF3N4O2/c1-29-9-16(28)27-7-10-4-11(8-27)14-5-12(2-3-13(10)14)25-18-24-6-15(17(20)26-18)19(21,22)23/h2-3,5-6,10-11H,4,7-9H2,1H3,(H,24,25,26). The lowest BCUT2D eigenvalue weighted by atomic mass is 9.96. The lowest BCUT2D eigenvalue weighted by Crippen LogP contribution is -2.41. The fourth-order valence-electron chi connectivity index (χ4n) is 4.09. The number of nitrogens with one attached hydrogen (secondary N) is 1. The third-order valence-corrected chi connectivity index (χ3v) is 5.63. The minimum absolute atomic E-state index is 0.0131. The number of methoxy groups -OCH3 is 1. The zero-order chi connectivity index (χ0) is 20.8. The number of carbonyl (C=O) groups excluding carboxylic acids is 1. The fourth-order valence-corrected chi connectivity index (χ4v) is 4.32. The van der Waals surface area contributed by atoms with Gasteiger partial charge in [-0.1, -0.05) is 17.7 Å². The van der Waals surface area contributed by atoms with E-state index in [1.807, 2.05) is 23.1 Å². The van der Waals surface area contributed by atoms with Crippen LogP contribution in [0.4, 0.5) is 24.8 Å². The highest BCUT2D eigenvalue weighted by Gasteiger charge is 2.39. The van der Waals surface area contributed by atoms with Crippen molar-refractivity contribution in [3.8, 4) is 0 Å². The van der Waals surface area contributed by atoms with Crippen molar-refractivity contribution >= 4 is 29.1 Å². The van der Waals surface area contributed by atoms with E-state index in [4.69, 9.17) is 16.3 Å². The van der Waals surface area contributed by atoms with Gasteiger partial charge in [-0.3, -0.25) is 4.79 Å². The van der Waals surface area contributed by atoms with E-state index in [9.17, 15) is 18.0 Å². The Morgan fingerprint density at radius 1 is 1.31 bits per heavy atom. The first kappa shape index (κ1) is 19.9. The second kappa shape index (κ2) is 7.46. The number of hydrogen-bond acceptors (Lipinski definition) is 5. The number of aromatic nitrogens is 2. The summed E-state index contributed by atoms with van der Waals surface area (Å²) in [5.41, 5.74) is 1.90. The van der Waals surface area contributed by atoms with Gasteiger partial charge in [-0.2, -0.15) is 13.2 Å². The quantitative estimate of drug-likeness (QED) is 0.750. The Kier molecular flexibility index (Phi) is 5.12. The summed E-state index contributed by atoms with van der Waals surface area (Å²) in [4.78, 5) is 21.4. The third-order valence-electron chi connectivity index (χ3n) is 5.34. The molecule has 1 saturated heterocycles. The number of likely N-dealkylation sites (tertiary alicyclic amines) is 1. The molecule has 1 N–H and O–H groups in total. The van der Waals surface area contributed by atoms with Crippen LogP contribution in [0, 0.1) is 0 Å². The highest BCUT2D eigenvalue weighted by atomic mass is 35.5. The van der Waals surface area contributed by atoms with E-state index in [0.717, 1.165) is 12.0 Å². The Bertz CT molecular complexity index is 954. The van der Waals surface area contributed by atoms with E-state index in [-0.39, 0.29) is 30.3 Å². The first-order valence-electron chi connectivity index (χ1n) is 9.03. The van der Waals surface area contributed by atoms with Crippen molar-refractivity contribution in [2.75, 3.05) is 32.1 Å². The molecule has 0 radical (unpaired) electrons. The summed E-state index contributed by atoms with van der Waals surface area (Å²) in [6, 6.07) is 5.76. The average Bonchev–Trinajstić information content (AvgIpc) is 2.90. The van der Waals surface area contributed by atoms with Gasteiger partial charge in [0, 0.05) is 43.9 Å². The molecule has 1 fully saturated rings. The summed E-state index contributed by atoms with van der Waals surface area (Å²) in [5, 5.41) is 2.26. The smallest absolute Gasteiger partial charge is 0.375 e. The summed E-state index contributed by atoms with van der Waals surface area (Å²) in [6.45, 7) is 1.35. The van der Waals surface area contributed by atoms with Crippen molar-refractivity contribution in [3.05, 3.63) is 46.2 Å². The van der Waals surface area contributed by atoms with Crippen LogP contribution in [0.2, 0.25) is 5.15 Å². The van der Waals surface area contributed by atoms with Crippen LogP contribution >= 0.6 is 11.6 Å². The molecule has 154 valence electrons. The van der Waals surface area contributed by atoms with Crippen molar-refractivity contribution in [1.29, 1.82) is 0 Å². The van der Waals surface area contributed by atoms with Crippen LogP contribution < -0.4 is 5.32 Å². The van der Waals surface area contributed by atoms with Crippen LogP contribution in [0.25, 0.3) is 0 Å². The van der Waals surface area contributed by atoms with Gasteiger partial charge in [-0.25, -0.2) is 9.97 Å². The normalized spacial score (nSPS) is 20.5. The largest absolute Gasteiger partial charge is 0.420 e. The minimum atomic E-state index is -4.60. The lowest BCUT2D eigenvalue weighted by Gasteiger charge is -2.32. The third kappa shape index (κ3) is 3.89. The number of hydrogen-bond donors (Lipinski definition) is 1. The van der Waals surface area contributed by atoms with Gasteiger partial charge >= 0.3 is 6.18 Å². The number of carbonyl (C=O) groups is 1. The van der Waals surface area contributed by atoms with Crippen molar-refractivity contribution in [2.24, 2.45) is 0 Å². The van der Waals surface area contributed by atoms with Crippen LogP contribution in [-0.2, 0) is 15.7 Å². The van der Waals surface area contributed by atoms with E-state index >= 15 is 0 Å². The van der Waals surface area contributed by atoms with Crippen molar-refractivity contribution in [2.45, 2.75) is 24.4 Å². The zero-order valence-electron chi connectivity index (χ0n) is 15.5. The predicted molar refractivity (Wildman–Crippen MR) is 100 cm³/mol. The molecule has 10 heteroatoms. The van der Waals surface area contributed by atoms with Crippen LogP contribution in [0.15, 0.2) is 24.4 Å². The molecule has 29 heavy (non-hydrogen) atoms. The van der Waals surface area contributed by atoms with Crippen LogP contribution in [0.5, 0.6) is 0 Å². The number of piperidine rings is 1. The Labute approximate surface area is 170 Å². The molecule has 0 spiro atoms. The van der Waals surface area contributed by atoms with Crippen molar-refractivity contribution in [3.63, 3.8) is 0 Å². The van der Waals surface area contributed by atoms with E-state index < -0.39 is 16.9 Å². The van der Waals surface area contributed by atoms with Gasteiger partial charge in [-0.15, -0.1) is 0 Å². The number of fused-ring (bicyclic) bond motifs is 5. The minimum Gasteiger partial charge on any atom is -0.375 e. The molecule has 2 aromatic rings. The highest BCUT2D eigenvalue weighted by molar-refractivity contribution is 6.30. The average molecular weight is 427 g/mol. The number of rotatable bonds is 4. The molecule has 1 aromatic heterocycles. The molecule has 2 atom stereocenters. The molecule has 6 nitrogen and oxygen atoms in total. The Morgan fingerprint density at radius 3 is 2.69 bits per heavy atom. The highest BCUT2D eigenvalue weighted by Crippen LogP contribution is 2.47. The number of anilines is 2. The molecule has 4 rings (SSSR count). The van der Waals surface area contributed by atoms with Gasteiger partial charge in [0.15, 0.2) is 0 Å². The second-order valence-corrected chi connectivity index (χ2v) is 7.58. The summed E-state index contributed by atoms with van der Waals surface area (Å²) in [5.74, 6) is 0.445. The summed E-state index contributed by atoms with van der Waals surface area (Å²) in [6.07, 6.45) is -2.97. The van der Waals surface area contributed by atoms with Crippen molar-refractivity contribution in [1.82, 2.24) is 14.9 Å². The Balaban J connectivity index is 1.53. The maximum Gasteiger partial charge on any atom is 0.420 e. The number of alkyl halides is 3. The van der Waals surface area contributed by atoms with Gasteiger partial charge < -0.3 is 15.0 Å². The van der Waals surface area contributed by atoms with Crippen LogP contribution in [-0.4, -0.2) is 47.6 Å².